The van der Waals surface area contributed by atoms with Gasteiger partial charge in [-0.25, -0.2) is 0 Å². The van der Waals surface area contributed by atoms with Crippen molar-refractivity contribution in [3.63, 3.8) is 0 Å². The van der Waals surface area contributed by atoms with Gasteiger partial charge in [0.2, 0.25) is 11.8 Å². The summed E-state index contributed by atoms with van der Waals surface area (Å²) in [6.07, 6.45) is 5.58. The molecule has 3 N–H and O–H groups in total. The third kappa shape index (κ3) is 4.33. The molecule has 4 saturated carbocycles. The highest BCUT2D eigenvalue weighted by atomic mass is 16.5. The summed E-state index contributed by atoms with van der Waals surface area (Å²) in [5.74, 6) is 1.27. The molecular formula is C31H40N2O7. The van der Waals surface area contributed by atoms with Crippen molar-refractivity contribution in [3.8, 4) is 11.5 Å². The average molecular weight is 553 g/mol. The third-order valence-corrected chi connectivity index (χ3v) is 10.4. The van der Waals surface area contributed by atoms with Gasteiger partial charge < -0.3 is 29.9 Å². The number of hydrogen-bond donors (Lipinski definition) is 3. The van der Waals surface area contributed by atoms with E-state index in [1.807, 2.05) is 4.90 Å². The van der Waals surface area contributed by atoms with E-state index in [9.17, 15) is 24.6 Å². The van der Waals surface area contributed by atoms with Crippen molar-refractivity contribution in [1.29, 1.82) is 0 Å². The molecule has 1 aliphatic heterocycles. The van der Waals surface area contributed by atoms with Crippen molar-refractivity contribution in [2.45, 2.75) is 70.1 Å². The van der Waals surface area contributed by atoms with Crippen LogP contribution in [-0.4, -0.2) is 78.3 Å². The first-order valence-electron chi connectivity index (χ1n) is 14.6. The van der Waals surface area contributed by atoms with Gasteiger partial charge >= 0.3 is 0 Å². The number of rotatable bonds is 9. The summed E-state index contributed by atoms with van der Waals surface area (Å²) >= 11 is 0. The standard InChI is InChI=1S/C31H40N2O7/c1-31(2)19-7-6-18(22(31)12-19)14-33(30(38)17-4-5-17)23-13-21(29(37)32-8-9-34)25-20-10-16(15-35)11-24(39-3)27(20)40-28(25)26(23)36/h10-11,13,15,17-19,22-23,25-26,28,34,36H,4-9,12,14H2,1-3H3,(H,32,37)/t18-,19-,22-,23+,25-,26-,28-/m0/s1. The van der Waals surface area contributed by atoms with Crippen molar-refractivity contribution in [1.82, 2.24) is 10.2 Å². The fraction of sp³-hybridized carbons (Fsp3) is 0.645. The SMILES string of the molecule is COc1cc(C=O)cc2c1O[C@@H]1[C@@H](O)[C@H](N(C[C@@H]3CC[C@H]4C[C@@H]3C4(C)C)C(=O)C3CC3)C=C(C(=O)NCCO)[C@H]21. The van der Waals surface area contributed by atoms with E-state index in [1.54, 1.807) is 18.2 Å². The Morgan fingerprint density at radius 3 is 2.62 bits per heavy atom. The topological polar surface area (TPSA) is 125 Å². The van der Waals surface area contributed by atoms with Gasteiger partial charge in [-0.15, -0.1) is 0 Å². The fourth-order valence-electron chi connectivity index (χ4n) is 7.92. The average Bonchev–Trinajstić information content (AvgIpc) is 3.74. The summed E-state index contributed by atoms with van der Waals surface area (Å²) in [4.78, 5) is 40.8. The van der Waals surface area contributed by atoms with Gasteiger partial charge in [0, 0.05) is 35.7 Å². The highest BCUT2D eigenvalue weighted by molar-refractivity contribution is 5.96. The van der Waals surface area contributed by atoms with Crippen LogP contribution in [0.5, 0.6) is 11.5 Å². The van der Waals surface area contributed by atoms with E-state index in [1.165, 1.54) is 13.5 Å². The molecule has 4 fully saturated rings. The van der Waals surface area contributed by atoms with Crippen molar-refractivity contribution >= 4 is 18.1 Å². The first-order valence-corrected chi connectivity index (χ1v) is 14.6. The lowest BCUT2D eigenvalue weighted by molar-refractivity contribution is -0.147. The van der Waals surface area contributed by atoms with Crippen molar-refractivity contribution < 1.29 is 34.1 Å². The number of hydrogen-bond acceptors (Lipinski definition) is 7. The second-order valence-corrected chi connectivity index (χ2v) is 12.9. The Kier molecular flexibility index (Phi) is 6.94. The van der Waals surface area contributed by atoms with Crippen LogP contribution in [0.2, 0.25) is 0 Å². The van der Waals surface area contributed by atoms with E-state index in [2.05, 4.69) is 19.2 Å². The maximum absolute atomic E-state index is 13.8. The number of methoxy groups -OCH3 is 1. The molecule has 40 heavy (non-hydrogen) atoms. The second-order valence-electron chi connectivity index (χ2n) is 12.9. The Hall–Kier alpha value is -2.91. The van der Waals surface area contributed by atoms with Crippen LogP contribution in [0.3, 0.4) is 0 Å². The van der Waals surface area contributed by atoms with Gasteiger partial charge in [-0.1, -0.05) is 13.8 Å². The van der Waals surface area contributed by atoms with Crippen LogP contribution in [0.1, 0.15) is 67.8 Å². The maximum Gasteiger partial charge on any atom is 0.247 e. The molecule has 6 aliphatic rings. The van der Waals surface area contributed by atoms with Crippen LogP contribution in [0, 0.1) is 29.1 Å². The molecule has 1 aromatic carbocycles. The molecule has 1 heterocycles. The minimum absolute atomic E-state index is 0.0319. The third-order valence-electron chi connectivity index (χ3n) is 10.4. The van der Waals surface area contributed by atoms with Crippen molar-refractivity contribution in [3.05, 3.63) is 34.9 Å². The molecule has 216 valence electrons. The number of carbonyl (C=O) groups is 3. The lowest BCUT2D eigenvalue weighted by Crippen LogP contribution is -2.60. The molecule has 0 aromatic heterocycles. The summed E-state index contributed by atoms with van der Waals surface area (Å²) in [5.41, 5.74) is 1.57. The maximum atomic E-state index is 13.8. The molecule has 0 unspecified atom stereocenters. The van der Waals surface area contributed by atoms with Gasteiger partial charge in [-0.05, 0) is 73.5 Å². The van der Waals surface area contributed by atoms with Gasteiger partial charge in [0.05, 0.1) is 25.7 Å². The van der Waals surface area contributed by atoms with Crippen LogP contribution in [0.15, 0.2) is 23.8 Å². The summed E-state index contributed by atoms with van der Waals surface area (Å²) in [7, 11) is 1.48. The molecule has 7 atom stereocenters. The number of aldehydes is 1. The predicted molar refractivity (Wildman–Crippen MR) is 146 cm³/mol. The van der Waals surface area contributed by atoms with Crippen LogP contribution < -0.4 is 14.8 Å². The minimum atomic E-state index is -1.09. The van der Waals surface area contributed by atoms with Gasteiger partial charge in [0.25, 0.3) is 0 Å². The van der Waals surface area contributed by atoms with Crippen LogP contribution in [0.4, 0.5) is 0 Å². The van der Waals surface area contributed by atoms with Gasteiger partial charge in [0.15, 0.2) is 11.5 Å². The number of carbonyl (C=O) groups excluding carboxylic acids is 3. The normalized spacial score (nSPS) is 32.9. The van der Waals surface area contributed by atoms with E-state index in [4.69, 9.17) is 9.47 Å². The fourth-order valence-corrected chi connectivity index (χ4v) is 7.92. The molecule has 7 rings (SSSR count). The van der Waals surface area contributed by atoms with E-state index >= 15 is 0 Å². The first-order chi connectivity index (χ1) is 19.2. The molecule has 5 aliphatic carbocycles. The Morgan fingerprint density at radius 2 is 2.00 bits per heavy atom. The van der Waals surface area contributed by atoms with Gasteiger partial charge in [-0.2, -0.15) is 0 Å². The van der Waals surface area contributed by atoms with Gasteiger partial charge in [-0.3, -0.25) is 14.4 Å². The molecular weight excluding hydrogens is 512 g/mol. The molecule has 0 radical (unpaired) electrons. The number of nitrogens with zero attached hydrogens (tertiary/aromatic N) is 1. The number of ether oxygens (including phenoxy) is 2. The minimum Gasteiger partial charge on any atom is -0.493 e. The number of aliphatic hydroxyl groups excluding tert-OH is 2. The molecule has 2 amide bonds. The first kappa shape index (κ1) is 27.3. The lowest BCUT2D eigenvalue weighted by Gasteiger charge is -2.61. The zero-order chi connectivity index (χ0) is 28.3. The number of nitrogens with one attached hydrogen (secondary N) is 1. The summed E-state index contributed by atoms with van der Waals surface area (Å²) in [6.45, 7) is 5.06. The van der Waals surface area contributed by atoms with E-state index in [0.717, 1.165) is 31.6 Å². The van der Waals surface area contributed by atoms with E-state index in [-0.39, 0.29) is 30.4 Å². The van der Waals surface area contributed by atoms with Crippen LogP contribution >= 0.6 is 0 Å². The van der Waals surface area contributed by atoms with Crippen LogP contribution in [-0.2, 0) is 9.59 Å². The Bertz CT molecular complexity index is 1240. The summed E-state index contributed by atoms with van der Waals surface area (Å²) in [6, 6.07) is 2.50. The van der Waals surface area contributed by atoms with Crippen molar-refractivity contribution in [2.75, 3.05) is 26.8 Å². The molecule has 9 nitrogen and oxygen atoms in total. The number of fused-ring (bicyclic) bond motifs is 5. The highest BCUT2D eigenvalue weighted by Gasteiger charge is 2.56. The largest absolute Gasteiger partial charge is 0.493 e. The Morgan fingerprint density at radius 1 is 1.23 bits per heavy atom. The highest BCUT2D eigenvalue weighted by Crippen LogP contribution is 2.61. The Labute approximate surface area is 234 Å². The molecule has 0 spiro atoms. The quantitative estimate of drug-likeness (QED) is 0.402. The monoisotopic (exact) mass is 552 g/mol. The molecule has 2 bridgehead atoms. The Balaban J connectivity index is 1.39. The van der Waals surface area contributed by atoms with E-state index in [0.29, 0.717) is 52.9 Å². The van der Waals surface area contributed by atoms with E-state index < -0.39 is 30.1 Å². The molecule has 1 aromatic rings. The van der Waals surface area contributed by atoms with Crippen molar-refractivity contribution in [2.24, 2.45) is 29.1 Å². The molecule has 0 saturated heterocycles. The van der Waals surface area contributed by atoms with Gasteiger partial charge in [0.1, 0.15) is 18.5 Å². The number of amides is 2. The zero-order valence-electron chi connectivity index (χ0n) is 23.5. The zero-order valence-corrected chi connectivity index (χ0v) is 23.5. The second kappa shape index (κ2) is 10.2. The predicted octanol–water partition coefficient (Wildman–Crippen LogP) is 2.44. The number of aliphatic hydroxyl groups is 2. The lowest BCUT2D eigenvalue weighted by atomic mass is 9.45. The number of benzene rings is 1. The van der Waals surface area contributed by atoms with Crippen LogP contribution in [0.25, 0.3) is 0 Å². The smallest absolute Gasteiger partial charge is 0.247 e. The summed E-state index contributed by atoms with van der Waals surface area (Å²) in [5, 5.41) is 24.0. The molecule has 9 heteroatoms. The summed E-state index contributed by atoms with van der Waals surface area (Å²) < 4.78 is 11.8.